The van der Waals surface area contributed by atoms with Gasteiger partial charge in [0.25, 0.3) is 0 Å². The summed E-state index contributed by atoms with van der Waals surface area (Å²) in [7, 11) is 0. The molecule has 1 unspecified atom stereocenters. The van der Waals surface area contributed by atoms with Gasteiger partial charge < -0.3 is 10.6 Å². The standard InChI is InChI=1S/C20H20N4O2S/c1-12(19(26)23-17-8-6-16(7-9-17)22-13(2)25)27-20-15(11-21)10-14-4-3-5-18(14)24-20/h6-10,12H,3-5H2,1-2H3,(H,22,25)(H,23,26). The van der Waals surface area contributed by atoms with Crippen LogP contribution in [-0.4, -0.2) is 22.0 Å². The maximum Gasteiger partial charge on any atom is 0.237 e. The second-order valence-corrected chi connectivity index (χ2v) is 7.75. The van der Waals surface area contributed by atoms with Gasteiger partial charge >= 0.3 is 0 Å². The highest BCUT2D eigenvalue weighted by Crippen LogP contribution is 2.30. The Kier molecular flexibility index (Phi) is 5.77. The predicted octanol–water partition coefficient (Wildman–Crippen LogP) is 3.52. The minimum absolute atomic E-state index is 0.146. The van der Waals surface area contributed by atoms with Crippen molar-refractivity contribution >= 4 is 35.0 Å². The molecular weight excluding hydrogens is 360 g/mol. The first-order valence-electron chi connectivity index (χ1n) is 8.74. The van der Waals surface area contributed by atoms with E-state index in [9.17, 15) is 14.9 Å². The number of rotatable bonds is 5. The van der Waals surface area contributed by atoms with Crippen molar-refractivity contribution in [3.8, 4) is 6.07 Å². The van der Waals surface area contributed by atoms with E-state index in [1.165, 1.54) is 18.7 Å². The van der Waals surface area contributed by atoms with Crippen molar-refractivity contribution in [1.29, 1.82) is 5.26 Å². The molecule has 1 heterocycles. The molecule has 6 nitrogen and oxygen atoms in total. The number of nitrogens with zero attached hydrogens (tertiary/aromatic N) is 2. The zero-order valence-corrected chi connectivity index (χ0v) is 16.0. The molecule has 3 rings (SSSR count). The quantitative estimate of drug-likeness (QED) is 0.774. The number of anilines is 2. The normalized spacial score (nSPS) is 13.4. The largest absolute Gasteiger partial charge is 0.326 e. The van der Waals surface area contributed by atoms with Gasteiger partial charge in [0.15, 0.2) is 0 Å². The summed E-state index contributed by atoms with van der Waals surface area (Å²) in [6.45, 7) is 3.23. The summed E-state index contributed by atoms with van der Waals surface area (Å²) in [5, 5.41) is 15.1. The van der Waals surface area contributed by atoms with Crippen molar-refractivity contribution < 1.29 is 9.59 Å². The van der Waals surface area contributed by atoms with Crippen LogP contribution in [0.4, 0.5) is 11.4 Å². The molecule has 0 aliphatic heterocycles. The number of carbonyl (C=O) groups is 2. The number of hydrogen-bond donors (Lipinski definition) is 2. The Morgan fingerprint density at radius 3 is 2.48 bits per heavy atom. The molecule has 0 bridgehead atoms. The average molecular weight is 380 g/mol. The number of hydrogen-bond acceptors (Lipinski definition) is 5. The van der Waals surface area contributed by atoms with Crippen LogP contribution in [0.25, 0.3) is 0 Å². The van der Waals surface area contributed by atoms with Crippen LogP contribution in [0.5, 0.6) is 0 Å². The summed E-state index contributed by atoms with van der Waals surface area (Å²) in [5.41, 5.74) is 4.03. The van der Waals surface area contributed by atoms with Crippen LogP contribution in [0.2, 0.25) is 0 Å². The molecule has 1 aromatic carbocycles. The number of carbonyl (C=O) groups excluding carboxylic acids is 2. The SMILES string of the molecule is CC(=O)Nc1ccc(NC(=O)C(C)Sc2nc3c(cc2C#N)CCC3)cc1. The fraction of sp³-hybridized carbons (Fsp3) is 0.300. The molecular formula is C20H20N4O2S. The van der Waals surface area contributed by atoms with Gasteiger partial charge in [0.2, 0.25) is 11.8 Å². The monoisotopic (exact) mass is 380 g/mol. The van der Waals surface area contributed by atoms with Crippen molar-refractivity contribution in [1.82, 2.24) is 4.98 Å². The number of nitrogens with one attached hydrogen (secondary N) is 2. The second-order valence-electron chi connectivity index (χ2n) is 6.42. The van der Waals surface area contributed by atoms with E-state index in [-0.39, 0.29) is 11.8 Å². The minimum atomic E-state index is -0.404. The minimum Gasteiger partial charge on any atom is -0.326 e. The molecule has 0 radical (unpaired) electrons. The van der Waals surface area contributed by atoms with Crippen LogP contribution in [0.1, 0.15) is 37.1 Å². The third-order valence-electron chi connectivity index (χ3n) is 4.27. The van der Waals surface area contributed by atoms with Crippen LogP contribution >= 0.6 is 11.8 Å². The molecule has 1 atom stereocenters. The molecule has 2 N–H and O–H groups in total. The van der Waals surface area contributed by atoms with E-state index >= 15 is 0 Å². The lowest BCUT2D eigenvalue weighted by Crippen LogP contribution is -2.22. The van der Waals surface area contributed by atoms with Gasteiger partial charge in [-0.2, -0.15) is 5.26 Å². The summed E-state index contributed by atoms with van der Waals surface area (Å²) in [4.78, 5) is 28.2. The topological polar surface area (TPSA) is 94.9 Å². The highest BCUT2D eigenvalue weighted by atomic mass is 32.2. The molecule has 138 valence electrons. The molecule has 2 aromatic rings. The van der Waals surface area contributed by atoms with E-state index in [2.05, 4.69) is 21.7 Å². The van der Waals surface area contributed by atoms with Crippen molar-refractivity contribution in [2.75, 3.05) is 10.6 Å². The van der Waals surface area contributed by atoms with E-state index in [0.29, 0.717) is 22.0 Å². The van der Waals surface area contributed by atoms with E-state index in [0.717, 1.165) is 30.5 Å². The van der Waals surface area contributed by atoms with Gasteiger partial charge in [-0.15, -0.1) is 0 Å². The zero-order chi connectivity index (χ0) is 19.4. The van der Waals surface area contributed by atoms with Crippen molar-refractivity contribution in [2.24, 2.45) is 0 Å². The van der Waals surface area contributed by atoms with E-state index in [1.54, 1.807) is 31.2 Å². The molecule has 0 saturated heterocycles. The number of aryl methyl sites for hydroxylation is 2. The van der Waals surface area contributed by atoms with Gasteiger partial charge in [-0.1, -0.05) is 11.8 Å². The first kappa shape index (κ1) is 18.9. The summed E-state index contributed by atoms with van der Waals surface area (Å²) in [5.74, 6) is -0.314. The van der Waals surface area contributed by atoms with Crippen LogP contribution < -0.4 is 10.6 Å². The van der Waals surface area contributed by atoms with Gasteiger partial charge in [-0.25, -0.2) is 4.98 Å². The number of nitriles is 1. The van der Waals surface area contributed by atoms with E-state index in [1.807, 2.05) is 6.07 Å². The fourth-order valence-corrected chi connectivity index (χ4v) is 3.82. The van der Waals surface area contributed by atoms with Crippen LogP contribution in [0.15, 0.2) is 35.4 Å². The van der Waals surface area contributed by atoms with Gasteiger partial charge in [-0.05, 0) is 62.1 Å². The molecule has 0 spiro atoms. The smallest absolute Gasteiger partial charge is 0.237 e. The van der Waals surface area contributed by atoms with Crippen molar-refractivity contribution in [3.63, 3.8) is 0 Å². The van der Waals surface area contributed by atoms with Gasteiger partial charge in [0, 0.05) is 24.0 Å². The Morgan fingerprint density at radius 2 is 1.85 bits per heavy atom. The third-order valence-corrected chi connectivity index (χ3v) is 5.37. The van der Waals surface area contributed by atoms with E-state index in [4.69, 9.17) is 0 Å². The van der Waals surface area contributed by atoms with Gasteiger partial charge in [-0.3, -0.25) is 9.59 Å². The number of pyridine rings is 1. The maximum absolute atomic E-state index is 12.5. The first-order valence-corrected chi connectivity index (χ1v) is 9.62. The Hall–Kier alpha value is -2.85. The predicted molar refractivity (Wildman–Crippen MR) is 106 cm³/mol. The van der Waals surface area contributed by atoms with Gasteiger partial charge in [0.05, 0.1) is 10.8 Å². The molecule has 0 saturated carbocycles. The number of fused-ring (bicyclic) bond motifs is 1. The molecule has 7 heteroatoms. The lowest BCUT2D eigenvalue weighted by molar-refractivity contribution is -0.115. The van der Waals surface area contributed by atoms with Crippen LogP contribution in [0, 0.1) is 11.3 Å². The summed E-state index contributed by atoms with van der Waals surface area (Å²) in [6, 6.07) is 11.0. The molecule has 1 aromatic heterocycles. The van der Waals surface area contributed by atoms with Crippen molar-refractivity contribution in [2.45, 2.75) is 43.4 Å². The lowest BCUT2D eigenvalue weighted by atomic mass is 10.2. The Bertz CT molecular complexity index is 919. The second kappa shape index (κ2) is 8.23. The Balaban J connectivity index is 1.66. The lowest BCUT2D eigenvalue weighted by Gasteiger charge is -2.13. The number of aromatic nitrogens is 1. The Labute approximate surface area is 162 Å². The molecule has 0 fully saturated rings. The highest BCUT2D eigenvalue weighted by molar-refractivity contribution is 8.00. The summed E-state index contributed by atoms with van der Waals surface area (Å²) < 4.78 is 0. The molecule has 1 aliphatic rings. The first-order chi connectivity index (χ1) is 13.0. The van der Waals surface area contributed by atoms with Crippen molar-refractivity contribution in [3.05, 3.63) is 47.2 Å². The molecule has 1 aliphatic carbocycles. The summed E-state index contributed by atoms with van der Waals surface area (Å²) in [6.07, 6.45) is 2.95. The van der Waals surface area contributed by atoms with E-state index < -0.39 is 5.25 Å². The zero-order valence-electron chi connectivity index (χ0n) is 15.2. The highest BCUT2D eigenvalue weighted by Gasteiger charge is 2.21. The molecule has 2 amide bonds. The average Bonchev–Trinajstić information content (AvgIpc) is 3.09. The van der Waals surface area contributed by atoms with Crippen LogP contribution in [0.3, 0.4) is 0 Å². The van der Waals surface area contributed by atoms with Crippen LogP contribution in [-0.2, 0) is 22.4 Å². The Morgan fingerprint density at radius 1 is 1.19 bits per heavy atom. The maximum atomic E-state index is 12.5. The summed E-state index contributed by atoms with van der Waals surface area (Å²) >= 11 is 1.30. The number of amides is 2. The third kappa shape index (κ3) is 4.66. The number of benzene rings is 1. The molecule has 27 heavy (non-hydrogen) atoms. The number of thioether (sulfide) groups is 1. The van der Waals surface area contributed by atoms with Gasteiger partial charge in [0.1, 0.15) is 11.1 Å². The fourth-order valence-electron chi connectivity index (χ4n) is 2.93.